The number of hydrogen-bond donors (Lipinski definition) is 2. The van der Waals surface area contributed by atoms with E-state index < -0.39 is 5.97 Å². The van der Waals surface area contributed by atoms with Gasteiger partial charge < -0.3 is 15.6 Å². The van der Waals surface area contributed by atoms with Gasteiger partial charge in [-0.2, -0.15) is 0 Å². The standard InChI is InChI=1S/C9H8BrNO3/c10-4-1-2-6-8(5(11)3-14-6)7(4)9(12)13/h1-2,5H,3,11H2,(H,12,13). The lowest BCUT2D eigenvalue weighted by molar-refractivity contribution is 0.0694. The zero-order valence-electron chi connectivity index (χ0n) is 7.16. The topological polar surface area (TPSA) is 72.5 Å². The first-order valence-electron chi connectivity index (χ1n) is 4.05. The number of carboxylic acids is 1. The van der Waals surface area contributed by atoms with Crippen molar-refractivity contribution in [2.45, 2.75) is 6.04 Å². The molecule has 0 radical (unpaired) electrons. The van der Waals surface area contributed by atoms with Crippen molar-refractivity contribution in [3.63, 3.8) is 0 Å². The molecule has 0 saturated heterocycles. The van der Waals surface area contributed by atoms with Crippen molar-refractivity contribution in [3.05, 3.63) is 27.7 Å². The third kappa shape index (κ3) is 1.29. The number of rotatable bonds is 1. The van der Waals surface area contributed by atoms with Crippen LogP contribution in [0.5, 0.6) is 5.75 Å². The minimum absolute atomic E-state index is 0.201. The summed E-state index contributed by atoms with van der Waals surface area (Å²) in [5.74, 6) is -0.423. The van der Waals surface area contributed by atoms with E-state index in [9.17, 15) is 4.79 Å². The summed E-state index contributed by atoms with van der Waals surface area (Å²) in [4.78, 5) is 11.0. The average Bonchev–Trinajstić information content (AvgIpc) is 2.47. The van der Waals surface area contributed by atoms with Crippen LogP contribution in [0.3, 0.4) is 0 Å². The van der Waals surface area contributed by atoms with Gasteiger partial charge in [-0.25, -0.2) is 4.79 Å². The number of carboxylic acid groups (broad SMARTS) is 1. The molecule has 1 unspecified atom stereocenters. The van der Waals surface area contributed by atoms with Gasteiger partial charge in [0.25, 0.3) is 0 Å². The SMILES string of the molecule is NC1COc2ccc(Br)c(C(=O)O)c21. The van der Waals surface area contributed by atoms with Crippen LogP contribution in [0.15, 0.2) is 16.6 Å². The van der Waals surface area contributed by atoms with Crippen molar-refractivity contribution < 1.29 is 14.6 Å². The van der Waals surface area contributed by atoms with Crippen LogP contribution in [0.1, 0.15) is 22.0 Å². The van der Waals surface area contributed by atoms with E-state index in [-0.39, 0.29) is 11.6 Å². The second-order valence-electron chi connectivity index (χ2n) is 3.06. The summed E-state index contributed by atoms with van der Waals surface area (Å²) < 4.78 is 5.78. The Hall–Kier alpha value is -1.07. The summed E-state index contributed by atoms with van der Waals surface area (Å²) >= 11 is 3.19. The van der Waals surface area contributed by atoms with Gasteiger partial charge in [-0.05, 0) is 28.1 Å². The molecule has 1 aliphatic heterocycles. The lowest BCUT2D eigenvalue weighted by Crippen LogP contribution is -2.14. The molecule has 1 aromatic carbocycles. The van der Waals surface area contributed by atoms with Crippen LogP contribution in [0, 0.1) is 0 Å². The number of aromatic carboxylic acids is 1. The highest BCUT2D eigenvalue weighted by atomic mass is 79.9. The fourth-order valence-corrected chi connectivity index (χ4v) is 2.06. The molecular weight excluding hydrogens is 250 g/mol. The molecule has 1 aliphatic rings. The fraction of sp³-hybridized carbons (Fsp3) is 0.222. The van der Waals surface area contributed by atoms with Gasteiger partial charge in [0, 0.05) is 10.0 Å². The van der Waals surface area contributed by atoms with Gasteiger partial charge in [0.2, 0.25) is 0 Å². The molecule has 0 spiro atoms. The van der Waals surface area contributed by atoms with E-state index in [1.54, 1.807) is 12.1 Å². The van der Waals surface area contributed by atoms with E-state index in [0.29, 0.717) is 22.4 Å². The second kappa shape index (κ2) is 3.25. The molecule has 5 heteroatoms. The molecule has 0 fully saturated rings. The Bertz CT molecular complexity index is 405. The van der Waals surface area contributed by atoms with Crippen LogP contribution < -0.4 is 10.5 Å². The molecule has 0 amide bonds. The third-order valence-electron chi connectivity index (χ3n) is 2.16. The monoisotopic (exact) mass is 257 g/mol. The minimum Gasteiger partial charge on any atom is -0.491 e. The van der Waals surface area contributed by atoms with Gasteiger partial charge in [-0.3, -0.25) is 0 Å². The highest BCUT2D eigenvalue weighted by Crippen LogP contribution is 2.37. The van der Waals surface area contributed by atoms with Crippen molar-refractivity contribution in [1.82, 2.24) is 0 Å². The fourth-order valence-electron chi connectivity index (χ4n) is 1.55. The number of nitrogens with two attached hydrogens (primary N) is 1. The predicted octanol–water partition coefficient (Wildman–Crippen LogP) is 1.54. The van der Waals surface area contributed by atoms with Gasteiger partial charge in [0.15, 0.2) is 0 Å². The first kappa shape index (κ1) is 9.48. The lowest BCUT2D eigenvalue weighted by Gasteiger charge is -2.07. The molecule has 2 rings (SSSR count). The smallest absolute Gasteiger partial charge is 0.337 e. The average molecular weight is 258 g/mol. The zero-order valence-corrected chi connectivity index (χ0v) is 8.74. The maximum absolute atomic E-state index is 11.0. The van der Waals surface area contributed by atoms with Gasteiger partial charge >= 0.3 is 5.97 Å². The Morgan fingerprint density at radius 1 is 1.64 bits per heavy atom. The largest absolute Gasteiger partial charge is 0.491 e. The van der Waals surface area contributed by atoms with E-state index in [1.165, 1.54) is 0 Å². The van der Waals surface area contributed by atoms with E-state index in [1.807, 2.05) is 0 Å². The number of halogens is 1. The Morgan fingerprint density at radius 3 is 3.00 bits per heavy atom. The summed E-state index contributed by atoms with van der Waals surface area (Å²) in [7, 11) is 0. The predicted molar refractivity (Wildman–Crippen MR) is 53.5 cm³/mol. The van der Waals surface area contributed by atoms with Crippen molar-refractivity contribution in [2.24, 2.45) is 5.73 Å². The van der Waals surface area contributed by atoms with Gasteiger partial charge in [-0.15, -0.1) is 0 Å². The highest BCUT2D eigenvalue weighted by Gasteiger charge is 2.28. The molecule has 0 bridgehead atoms. The number of ether oxygens (including phenoxy) is 1. The Kier molecular flexibility index (Phi) is 2.20. The molecule has 1 aromatic rings. The Labute approximate surface area is 88.8 Å². The Balaban J connectivity index is 2.68. The van der Waals surface area contributed by atoms with Crippen LogP contribution in [-0.4, -0.2) is 17.7 Å². The summed E-state index contributed by atoms with van der Waals surface area (Å²) in [5.41, 5.74) is 6.52. The minimum atomic E-state index is -0.991. The van der Waals surface area contributed by atoms with Crippen LogP contribution in [0.4, 0.5) is 0 Å². The van der Waals surface area contributed by atoms with E-state index in [2.05, 4.69) is 15.9 Å². The van der Waals surface area contributed by atoms with E-state index in [0.717, 1.165) is 0 Å². The van der Waals surface area contributed by atoms with Crippen molar-refractivity contribution in [1.29, 1.82) is 0 Å². The van der Waals surface area contributed by atoms with Crippen LogP contribution in [-0.2, 0) is 0 Å². The molecule has 1 atom stereocenters. The molecule has 0 saturated carbocycles. The van der Waals surface area contributed by atoms with Crippen molar-refractivity contribution in [3.8, 4) is 5.75 Å². The van der Waals surface area contributed by atoms with Crippen LogP contribution >= 0.6 is 15.9 Å². The van der Waals surface area contributed by atoms with Crippen LogP contribution in [0.2, 0.25) is 0 Å². The summed E-state index contributed by atoms with van der Waals surface area (Å²) in [6.45, 7) is 0.339. The normalized spacial score (nSPS) is 18.9. The number of benzene rings is 1. The molecule has 14 heavy (non-hydrogen) atoms. The first-order valence-corrected chi connectivity index (χ1v) is 4.84. The second-order valence-corrected chi connectivity index (χ2v) is 3.91. The molecule has 1 heterocycles. The summed E-state index contributed by atoms with van der Waals surface area (Å²) in [6.07, 6.45) is 0. The van der Waals surface area contributed by atoms with E-state index in [4.69, 9.17) is 15.6 Å². The first-order chi connectivity index (χ1) is 6.61. The van der Waals surface area contributed by atoms with Crippen LogP contribution in [0.25, 0.3) is 0 Å². The quantitative estimate of drug-likeness (QED) is 0.801. The molecule has 74 valence electrons. The van der Waals surface area contributed by atoms with Gasteiger partial charge in [0.1, 0.15) is 12.4 Å². The Morgan fingerprint density at radius 2 is 2.36 bits per heavy atom. The third-order valence-corrected chi connectivity index (χ3v) is 2.82. The van der Waals surface area contributed by atoms with Gasteiger partial charge in [-0.1, -0.05) is 0 Å². The molecule has 3 N–H and O–H groups in total. The van der Waals surface area contributed by atoms with E-state index >= 15 is 0 Å². The zero-order chi connectivity index (χ0) is 10.3. The van der Waals surface area contributed by atoms with Crippen molar-refractivity contribution >= 4 is 21.9 Å². The molecule has 4 nitrogen and oxygen atoms in total. The maximum atomic E-state index is 11.0. The number of fused-ring (bicyclic) bond motifs is 1. The highest BCUT2D eigenvalue weighted by molar-refractivity contribution is 9.10. The van der Waals surface area contributed by atoms with Crippen molar-refractivity contribution in [2.75, 3.05) is 6.61 Å². The molecule has 0 aliphatic carbocycles. The van der Waals surface area contributed by atoms with Gasteiger partial charge in [0.05, 0.1) is 11.6 Å². The summed E-state index contributed by atoms with van der Waals surface area (Å²) in [5, 5.41) is 9.01. The molecular formula is C9H8BrNO3. The number of hydrogen-bond acceptors (Lipinski definition) is 3. The number of carbonyl (C=O) groups is 1. The lowest BCUT2D eigenvalue weighted by atomic mass is 10.0. The molecule has 0 aromatic heterocycles. The summed E-state index contributed by atoms with van der Waals surface area (Å²) in [6, 6.07) is 3.02. The maximum Gasteiger partial charge on any atom is 0.337 e.